The van der Waals surface area contributed by atoms with E-state index in [0.717, 1.165) is 15.6 Å². The summed E-state index contributed by atoms with van der Waals surface area (Å²) in [6, 6.07) is 13.4. The first-order chi connectivity index (χ1) is 13.6. The second-order valence-corrected chi connectivity index (χ2v) is 8.75. The van der Waals surface area contributed by atoms with Gasteiger partial charge in [-0.25, -0.2) is 0 Å². The van der Waals surface area contributed by atoms with Crippen LogP contribution in [0.15, 0.2) is 46.8 Å². The van der Waals surface area contributed by atoms with Gasteiger partial charge in [0.25, 0.3) is 0 Å². The van der Waals surface area contributed by atoms with Gasteiger partial charge in [0.15, 0.2) is 15.8 Å². The normalized spacial score (nSPS) is 13.2. The number of ether oxygens (including phenoxy) is 2. The Kier molecular flexibility index (Phi) is 5.36. The molecular weight excluding hydrogens is 396 g/mol. The van der Waals surface area contributed by atoms with Crippen molar-refractivity contribution in [3.63, 3.8) is 0 Å². The zero-order valence-corrected chi connectivity index (χ0v) is 16.9. The van der Waals surface area contributed by atoms with Crippen molar-refractivity contribution in [3.05, 3.63) is 48.0 Å². The van der Waals surface area contributed by atoms with Gasteiger partial charge >= 0.3 is 0 Å². The topological polar surface area (TPSA) is 85.4 Å². The summed E-state index contributed by atoms with van der Waals surface area (Å²) < 4.78 is 11.3. The fourth-order valence-corrected chi connectivity index (χ4v) is 4.49. The highest BCUT2D eigenvalue weighted by Crippen LogP contribution is 2.35. The number of anilines is 3. The molecule has 0 aliphatic carbocycles. The summed E-state index contributed by atoms with van der Waals surface area (Å²) in [7, 11) is 0. The van der Waals surface area contributed by atoms with Gasteiger partial charge in [-0.05, 0) is 43.7 Å². The Labute approximate surface area is 170 Å². The first-order valence-electron chi connectivity index (χ1n) is 8.61. The lowest BCUT2D eigenvalue weighted by molar-refractivity contribution is -0.115. The van der Waals surface area contributed by atoms with E-state index in [4.69, 9.17) is 9.47 Å². The molecule has 4 rings (SSSR count). The second-order valence-electron chi connectivity index (χ2n) is 6.18. The minimum atomic E-state index is -0.329. The summed E-state index contributed by atoms with van der Waals surface area (Å²) in [6.45, 7) is 4.07. The second kappa shape index (κ2) is 8.07. The number of hydrogen-bond donors (Lipinski definition) is 2. The molecular formula is C19H18N4O3S2. The van der Waals surface area contributed by atoms with Gasteiger partial charge in [0, 0.05) is 17.4 Å². The maximum Gasteiger partial charge on any atom is 0.237 e. The number of hydrogen-bond acceptors (Lipinski definition) is 8. The minimum Gasteiger partial charge on any atom is -0.454 e. The zero-order chi connectivity index (χ0) is 19.5. The molecule has 2 aromatic carbocycles. The number of fused-ring (bicyclic) bond motifs is 1. The number of benzene rings is 2. The molecule has 3 aromatic rings. The zero-order valence-electron chi connectivity index (χ0n) is 15.3. The molecule has 144 valence electrons. The molecule has 0 fully saturated rings. The molecule has 7 nitrogen and oxygen atoms in total. The Morgan fingerprint density at radius 1 is 1.14 bits per heavy atom. The molecule has 1 amide bonds. The molecule has 1 aliphatic rings. The van der Waals surface area contributed by atoms with Crippen LogP contribution in [0.2, 0.25) is 0 Å². The summed E-state index contributed by atoms with van der Waals surface area (Å²) >= 11 is 2.78. The van der Waals surface area contributed by atoms with Crippen LogP contribution in [-0.2, 0) is 4.79 Å². The Balaban J connectivity index is 1.35. The van der Waals surface area contributed by atoms with E-state index in [0.29, 0.717) is 22.3 Å². The molecule has 0 unspecified atom stereocenters. The van der Waals surface area contributed by atoms with E-state index in [2.05, 4.69) is 20.8 Å². The molecule has 0 bridgehead atoms. The first kappa shape index (κ1) is 18.6. The Morgan fingerprint density at radius 2 is 2.00 bits per heavy atom. The fourth-order valence-electron chi connectivity index (χ4n) is 2.58. The van der Waals surface area contributed by atoms with Crippen LogP contribution in [0.1, 0.15) is 12.5 Å². The third-order valence-corrected chi connectivity index (χ3v) is 5.99. The molecule has 0 saturated carbocycles. The van der Waals surface area contributed by atoms with E-state index in [9.17, 15) is 4.79 Å². The van der Waals surface area contributed by atoms with E-state index >= 15 is 0 Å². The molecule has 1 aliphatic heterocycles. The number of amides is 1. The van der Waals surface area contributed by atoms with Gasteiger partial charge in [-0.2, -0.15) is 0 Å². The van der Waals surface area contributed by atoms with Crippen LogP contribution in [-0.4, -0.2) is 28.1 Å². The Hall–Kier alpha value is -2.78. The number of thioether (sulfide) groups is 1. The van der Waals surface area contributed by atoms with E-state index in [-0.39, 0.29) is 18.0 Å². The maximum absolute atomic E-state index is 12.5. The summed E-state index contributed by atoms with van der Waals surface area (Å²) in [4.78, 5) is 12.5. The average molecular weight is 415 g/mol. The van der Waals surface area contributed by atoms with Crippen molar-refractivity contribution in [2.45, 2.75) is 23.4 Å². The van der Waals surface area contributed by atoms with E-state index in [1.807, 2.05) is 38.1 Å². The molecule has 0 saturated heterocycles. The number of carbonyl (C=O) groups excluding carboxylic acids is 1. The fraction of sp³-hybridized carbons (Fsp3) is 0.211. The Morgan fingerprint density at radius 3 is 2.86 bits per heavy atom. The van der Waals surface area contributed by atoms with Crippen molar-refractivity contribution < 1.29 is 14.3 Å². The summed E-state index contributed by atoms with van der Waals surface area (Å²) in [6.07, 6.45) is 0. The van der Waals surface area contributed by atoms with Gasteiger partial charge in [0.05, 0.1) is 5.25 Å². The number of rotatable bonds is 6. The lowest BCUT2D eigenvalue weighted by Gasteiger charge is -2.10. The molecule has 9 heteroatoms. The maximum atomic E-state index is 12.5. The van der Waals surface area contributed by atoms with Crippen molar-refractivity contribution in [1.82, 2.24) is 10.2 Å². The van der Waals surface area contributed by atoms with E-state index < -0.39 is 0 Å². The molecule has 28 heavy (non-hydrogen) atoms. The predicted molar refractivity (Wildman–Crippen MR) is 111 cm³/mol. The molecule has 1 aromatic heterocycles. The summed E-state index contributed by atoms with van der Waals surface area (Å²) in [5.74, 6) is 1.20. The molecule has 2 N–H and O–H groups in total. The largest absolute Gasteiger partial charge is 0.454 e. The number of nitrogens with zero attached hydrogens (tertiary/aromatic N) is 2. The van der Waals surface area contributed by atoms with Gasteiger partial charge < -0.3 is 20.1 Å². The molecule has 0 radical (unpaired) electrons. The quantitative estimate of drug-likeness (QED) is 0.577. The lowest BCUT2D eigenvalue weighted by atomic mass is 10.2. The van der Waals surface area contributed by atoms with Gasteiger partial charge in [0.2, 0.25) is 17.8 Å². The van der Waals surface area contributed by atoms with Crippen LogP contribution in [0.5, 0.6) is 11.5 Å². The van der Waals surface area contributed by atoms with Gasteiger partial charge in [0.1, 0.15) is 0 Å². The van der Waals surface area contributed by atoms with E-state index in [1.54, 1.807) is 18.2 Å². The van der Waals surface area contributed by atoms with Crippen molar-refractivity contribution in [2.24, 2.45) is 0 Å². The van der Waals surface area contributed by atoms with Crippen LogP contribution < -0.4 is 20.1 Å². The minimum absolute atomic E-state index is 0.118. The van der Waals surface area contributed by atoms with Crippen molar-refractivity contribution >= 4 is 45.5 Å². The van der Waals surface area contributed by atoms with Crippen LogP contribution in [0.3, 0.4) is 0 Å². The van der Waals surface area contributed by atoms with Crippen LogP contribution in [0.25, 0.3) is 0 Å². The number of aromatic nitrogens is 2. The number of carbonyl (C=O) groups is 1. The highest BCUT2D eigenvalue weighted by Gasteiger charge is 2.19. The van der Waals surface area contributed by atoms with E-state index in [1.165, 1.54) is 23.1 Å². The standard InChI is InChI=1S/C19H18N4O3S2/c1-11-4-3-5-13(8-11)21-18-22-23-19(28-18)27-12(2)17(24)20-14-6-7-15-16(9-14)26-10-25-15/h3-9,12H,10H2,1-2H3,(H,20,24)(H,21,22)/t12-/m0/s1. The van der Waals surface area contributed by atoms with Gasteiger partial charge in [-0.15, -0.1) is 10.2 Å². The summed E-state index contributed by atoms with van der Waals surface area (Å²) in [5, 5.41) is 14.8. The number of nitrogens with one attached hydrogen (secondary N) is 2. The van der Waals surface area contributed by atoms with Crippen molar-refractivity contribution in [2.75, 3.05) is 17.4 Å². The highest BCUT2D eigenvalue weighted by molar-refractivity contribution is 8.02. The van der Waals surface area contributed by atoms with Gasteiger partial charge in [-0.1, -0.05) is 35.2 Å². The van der Waals surface area contributed by atoms with Crippen molar-refractivity contribution in [1.29, 1.82) is 0 Å². The van der Waals surface area contributed by atoms with Crippen LogP contribution in [0.4, 0.5) is 16.5 Å². The summed E-state index contributed by atoms with van der Waals surface area (Å²) in [5.41, 5.74) is 2.79. The SMILES string of the molecule is Cc1cccc(Nc2nnc(S[C@@H](C)C(=O)Nc3ccc4c(c3)OCO4)s2)c1. The third kappa shape index (κ3) is 4.37. The van der Waals surface area contributed by atoms with Crippen LogP contribution in [0, 0.1) is 6.92 Å². The smallest absolute Gasteiger partial charge is 0.237 e. The molecule has 0 spiro atoms. The highest BCUT2D eigenvalue weighted by atomic mass is 32.2. The van der Waals surface area contributed by atoms with Gasteiger partial charge in [-0.3, -0.25) is 4.79 Å². The predicted octanol–water partition coefficient (Wildman–Crippen LogP) is 4.44. The average Bonchev–Trinajstić information content (AvgIpc) is 3.30. The van der Waals surface area contributed by atoms with Crippen LogP contribution >= 0.6 is 23.1 Å². The monoisotopic (exact) mass is 414 g/mol. The Bertz CT molecular complexity index is 1010. The molecule has 2 heterocycles. The van der Waals surface area contributed by atoms with Crippen molar-refractivity contribution in [3.8, 4) is 11.5 Å². The third-order valence-electron chi connectivity index (χ3n) is 3.96. The molecule has 1 atom stereocenters. The lowest BCUT2D eigenvalue weighted by Crippen LogP contribution is -2.22. The first-order valence-corrected chi connectivity index (χ1v) is 10.3. The number of aryl methyl sites for hydroxylation is 1.